The summed E-state index contributed by atoms with van der Waals surface area (Å²) >= 11 is 0. The lowest BCUT2D eigenvalue weighted by Gasteiger charge is -2.06. The van der Waals surface area contributed by atoms with Crippen LogP contribution < -0.4 is 9.47 Å². The van der Waals surface area contributed by atoms with Gasteiger partial charge in [-0.1, -0.05) is 151 Å². The zero-order valence-corrected chi connectivity index (χ0v) is 28.8. The molecule has 0 aliphatic heterocycles. The zero-order chi connectivity index (χ0) is 32.7. The zero-order valence-electron chi connectivity index (χ0n) is 28.8. The van der Waals surface area contributed by atoms with Gasteiger partial charge in [0.05, 0.1) is 38.0 Å². The van der Waals surface area contributed by atoms with Gasteiger partial charge in [-0.15, -0.1) is 0 Å². The van der Waals surface area contributed by atoms with Crippen LogP contribution in [0.3, 0.4) is 0 Å². The molecular weight excluding hydrogens is 568 g/mol. The number of benzene rings is 2. The third-order valence-electron chi connectivity index (χ3n) is 7.91. The molecule has 0 fully saturated rings. The third-order valence-corrected chi connectivity index (χ3v) is 7.91. The minimum atomic E-state index is 0.743. The van der Waals surface area contributed by atoms with Crippen molar-refractivity contribution in [3.8, 4) is 34.3 Å². The Balaban J connectivity index is 0.000000251. The highest BCUT2D eigenvalue weighted by atomic mass is 16.5. The van der Waals surface area contributed by atoms with E-state index in [9.17, 15) is 0 Å². The SMILES string of the molecule is CCCCCCCCCCOc1cnc(-c2ccc(C)cc2)nc1.CCCCCCCCOc1cnc(-c2ccc(C)cc2)nc1. The van der Waals surface area contributed by atoms with Gasteiger partial charge in [0.2, 0.25) is 0 Å². The molecule has 0 unspecified atom stereocenters. The fraction of sp³-hybridized carbons (Fsp3) is 0.500. The number of aryl methyl sites for hydroxylation is 2. The van der Waals surface area contributed by atoms with Crippen LogP contribution in [0.15, 0.2) is 73.3 Å². The first-order valence-electron chi connectivity index (χ1n) is 17.6. The molecule has 0 aliphatic rings. The Kier molecular flexibility index (Phi) is 18.1. The first kappa shape index (κ1) is 36.7. The van der Waals surface area contributed by atoms with Crippen molar-refractivity contribution >= 4 is 0 Å². The second kappa shape index (κ2) is 22.7. The van der Waals surface area contributed by atoms with Gasteiger partial charge < -0.3 is 9.47 Å². The van der Waals surface area contributed by atoms with E-state index in [1.54, 1.807) is 24.8 Å². The summed E-state index contributed by atoms with van der Waals surface area (Å²) in [5.41, 5.74) is 4.55. The molecular formula is C40H56N4O2. The molecule has 46 heavy (non-hydrogen) atoms. The maximum atomic E-state index is 5.74. The van der Waals surface area contributed by atoms with Crippen molar-refractivity contribution in [2.45, 2.75) is 118 Å². The summed E-state index contributed by atoms with van der Waals surface area (Å²) in [4.78, 5) is 17.6. The molecule has 0 atom stereocenters. The Labute approximate surface area is 278 Å². The molecule has 0 bridgehead atoms. The van der Waals surface area contributed by atoms with Gasteiger partial charge in [0.15, 0.2) is 23.1 Å². The number of unbranched alkanes of at least 4 members (excludes halogenated alkanes) is 12. The molecule has 2 aromatic heterocycles. The van der Waals surface area contributed by atoms with Crippen molar-refractivity contribution in [3.05, 3.63) is 84.4 Å². The van der Waals surface area contributed by atoms with Gasteiger partial charge in [-0.05, 0) is 26.7 Å². The number of rotatable bonds is 20. The Bertz CT molecular complexity index is 1310. The molecule has 0 spiro atoms. The smallest absolute Gasteiger partial charge is 0.159 e. The summed E-state index contributed by atoms with van der Waals surface area (Å²) in [5.74, 6) is 3.00. The summed E-state index contributed by atoms with van der Waals surface area (Å²) in [7, 11) is 0. The highest BCUT2D eigenvalue weighted by molar-refractivity contribution is 5.56. The van der Waals surface area contributed by atoms with Crippen LogP contribution in [0.4, 0.5) is 0 Å². The van der Waals surface area contributed by atoms with Crippen LogP contribution in [0, 0.1) is 13.8 Å². The van der Waals surface area contributed by atoms with Crippen molar-refractivity contribution in [2.24, 2.45) is 0 Å². The van der Waals surface area contributed by atoms with Crippen molar-refractivity contribution in [1.82, 2.24) is 19.9 Å². The van der Waals surface area contributed by atoms with Gasteiger partial charge in [0.25, 0.3) is 0 Å². The number of nitrogens with zero attached hydrogens (tertiary/aromatic N) is 4. The van der Waals surface area contributed by atoms with Crippen LogP contribution in [0.1, 0.15) is 115 Å². The standard InChI is InChI=1S/C21H30N2O.C19H26N2O/c1-3-4-5-6-7-8-9-10-15-24-20-16-22-21(23-17-20)19-13-11-18(2)12-14-19;1-3-4-5-6-7-8-13-22-18-14-20-19(21-15-18)17-11-9-16(2)10-12-17/h11-14,16-17H,3-10,15H2,1-2H3;9-12,14-15H,3-8,13H2,1-2H3. The van der Waals surface area contributed by atoms with Crippen LogP contribution >= 0.6 is 0 Å². The molecule has 6 heteroatoms. The minimum absolute atomic E-state index is 0.743. The topological polar surface area (TPSA) is 70.0 Å². The van der Waals surface area contributed by atoms with Gasteiger partial charge in [-0.25, -0.2) is 19.9 Å². The quantitative estimate of drug-likeness (QED) is 0.0911. The van der Waals surface area contributed by atoms with Gasteiger partial charge >= 0.3 is 0 Å². The molecule has 0 N–H and O–H groups in total. The lowest BCUT2D eigenvalue weighted by molar-refractivity contribution is 0.302. The Morgan fingerprint density at radius 1 is 0.413 bits per heavy atom. The molecule has 0 saturated carbocycles. The lowest BCUT2D eigenvalue weighted by atomic mass is 10.1. The summed E-state index contributed by atoms with van der Waals surface area (Å²) in [6.45, 7) is 10.1. The maximum Gasteiger partial charge on any atom is 0.159 e. The average molecular weight is 625 g/mol. The monoisotopic (exact) mass is 624 g/mol. The van der Waals surface area contributed by atoms with E-state index in [0.29, 0.717) is 0 Å². The first-order chi connectivity index (χ1) is 22.6. The van der Waals surface area contributed by atoms with Crippen LogP contribution in [0.25, 0.3) is 22.8 Å². The highest BCUT2D eigenvalue weighted by Crippen LogP contribution is 2.19. The minimum Gasteiger partial charge on any atom is -0.490 e. The highest BCUT2D eigenvalue weighted by Gasteiger charge is 2.03. The van der Waals surface area contributed by atoms with E-state index < -0.39 is 0 Å². The van der Waals surface area contributed by atoms with E-state index >= 15 is 0 Å². The number of ether oxygens (including phenoxy) is 2. The molecule has 0 radical (unpaired) electrons. The molecule has 0 amide bonds. The van der Waals surface area contributed by atoms with Gasteiger partial charge in [0.1, 0.15) is 0 Å². The summed E-state index contributed by atoms with van der Waals surface area (Å²) in [6.07, 6.45) is 25.2. The van der Waals surface area contributed by atoms with E-state index in [-0.39, 0.29) is 0 Å². The van der Waals surface area contributed by atoms with Crippen molar-refractivity contribution in [1.29, 1.82) is 0 Å². The Morgan fingerprint density at radius 3 is 1.04 bits per heavy atom. The van der Waals surface area contributed by atoms with Gasteiger partial charge in [-0.3, -0.25) is 0 Å². The summed E-state index contributed by atoms with van der Waals surface area (Å²) < 4.78 is 11.4. The van der Waals surface area contributed by atoms with Crippen LogP contribution in [0.2, 0.25) is 0 Å². The molecule has 248 valence electrons. The normalized spacial score (nSPS) is 10.7. The predicted molar refractivity (Wildman–Crippen MR) is 191 cm³/mol. The first-order valence-corrected chi connectivity index (χ1v) is 17.6. The Hall–Kier alpha value is -3.80. The fourth-order valence-electron chi connectivity index (χ4n) is 4.98. The molecule has 0 saturated heterocycles. The lowest BCUT2D eigenvalue weighted by Crippen LogP contribution is -1.99. The van der Waals surface area contributed by atoms with Gasteiger partial charge in [-0.2, -0.15) is 0 Å². The van der Waals surface area contributed by atoms with Crippen LogP contribution in [0.5, 0.6) is 11.5 Å². The predicted octanol–water partition coefficient (Wildman–Crippen LogP) is 11.2. The van der Waals surface area contributed by atoms with Crippen LogP contribution in [-0.4, -0.2) is 33.1 Å². The number of aromatic nitrogens is 4. The van der Waals surface area contributed by atoms with Crippen molar-refractivity contribution < 1.29 is 9.47 Å². The van der Waals surface area contributed by atoms with Gasteiger partial charge in [0, 0.05) is 11.1 Å². The van der Waals surface area contributed by atoms with E-state index in [4.69, 9.17) is 9.47 Å². The molecule has 4 aromatic rings. The molecule has 2 heterocycles. The third kappa shape index (κ3) is 15.0. The second-order valence-electron chi connectivity index (χ2n) is 12.2. The number of hydrogen-bond acceptors (Lipinski definition) is 6. The molecule has 2 aromatic carbocycles. The maximum absolute atomic E-state index is 5.74. The average Bonchev–Trinajstić information content (AvgIpc) is 3.09. The van der Waals surface area contributed by atoms with E-state index in [2.05, 4.69) is 71.9 Å². The van der Waals surface area contributed by atoms with E-state index in [1.165, 1.54) is 88.2 Å². The number of hydrogen-bond donors (Lipinski definition) is 0. The molecule has 6 nitrogen and oxygen atoms in total. The summed E-state index contributed by atoms with van der Waals surface area (Å²) in [5, 5.41) is 0. The fourth-order valence-corrected chi connectivity index (χ4v) is 4.98. The second-order valence-corrected chi connectivity index (χ2v) is 12.2. The van der Waals surface area contributed by atoms with Crippen LogP contribution in [-0.2, 0) is 0 Å². The summed E-state index contributed by atoms with van der Waals surface area (Å²) in [6, 6.07) is 16.5. The molecule has 0 aliphatic carbocycles. The largest absolute Gasteiger partial charge is 0.490 e. The van der Waals surface area contributed by atoms with Crippen molar-refractivity contribution in [2.75, 3.05) is 13.2 Å². The Morgan fingerprint density at radius 2 is 0.717 bits per heavy atom. The van der Waals surface area contributed by atoms with Crippen molar-refractivity contribution in [3.63, 3.8) is 0 Å². The van der Waals surface area contributed by atoms with E-state index in [1.807, 2.05) is 24.3 Å². The van der Waals surface area contributed by atoms with E-state index in [0.717, 1.165) is 60.3 Å². The molecule has 4 rings (SSSR count).